The van der Waals surface area contributed by atoms with Gasteiger partial charge >= 0.3 is 0 Å². The van der Waals surface area contributed by atoms with E-state index in [0.29, 0.717) is 13.0 Å². The van der Waals surface area contributed by atoms with Crippen LogP contribution in [0.4, 0.5) is 0 Å². The van der Waals surface area contributed by atoms with Crippen LogP contribution in [-0.4, -0.2) is 29.0 Å². The number of hydrogen-bond donors (Lipinski definition) is 0. The number of carbonyl (C=O) groups excluding carboxylic acids is 3. The van der Waals surface area contributed by atoms with Gasteiger partial charge in [0.25, 0.3) is 0 Å². The van der Waals surface area contributed by atoms with Gasteiger partial charge in [0.05, 0.1) is 6.42 Å². The van der Waals surface area contributed by atoms with E-state index in [2.05, 4.69) is 0 Å². The zero-order valence-corrected chi connectivity index (χ0v) is 7.71. The molecule has 0 aromatic carbocycles. The molecule has 1 fully saturated rings. The van der Waals surface area contributed by atoms with Crippen molar-refractivity contribution in [2.75, 3.05) is 6.54 Å². The predicted octanol–water partition coefficient (Wildman–Crippen LogP) is 0.505. The van der Waals surface area contributed by atoms with Gasteiger partial charge in [0.1, 0.15) is 5.78 Å². The Morgan fingerprint density at radius 3 is 2.62 bits per heavy atom. The molecule has 0 atom stereocenters. The Morgan fingerprint density at radius 2 is 2.08 bits per heavy atom. The highest BCUT2D eigenvalue weighted by Gasteiger charge is 2.24. The summed E-state index contributed by atoms with van der Waals surface area (Å²) < 4.78 is 0. The van der Waals surface area contributed by atoms with E-state index in [1.165, 1.54) is 11.8 Å². The highest BCUT2D eigenvalue weighted by molar-refractivity contribution is 6.04. The third-order valence-electron chi connectivity index (χ3n) is 2.02. The van der Waals surface area contributed by atoms with Crippen molar-refractivity contribution in [3.8, 4) is 0 Å². The number of amides is 2. The van der Waals surface area contributed by atoms with Crippen LogP contribution < -0.4 is 0 Å². The molecule has 1 rings (SSSR count). The lowest BCUT2D eigenvalue weighted by molar-refractivity contribution is -0.147. The number of piperidine rings is 1. The fourth-order valence-corrected chi connectivity index (χ4v) is 1.38. The molecule has 4 nitrogen and oxygen atoms in total. The SMILES string of the molecule is CC(=O)CC(=O)N1CCCCC1=O. The molecular formula is C9H13NO3. The van der Waals surface area contributed by atoms with Gasteiger partial charge in [0.2, 0.25) is 11.8 Å². The van der Waals surface area contributed by atoms with Crippen molar-refractivity contribution in [3.63, 3.8) is 0 Å². The fraction of sp³-hybridized carbons (Fsp3) is 0.667. The van der Waals surface area contributed by atoms with Crippen molar-refractivity contribution in [2.24, 2.45) is 0 Å². The number of ketones is 1. The largest absolute Gasteiger partial charge is 0.299 e. The maximum atomic E-state index is 11.3. The average molecular weight is 183 g/mol. The Kier molecular flexibility index (Phi) is 3.17. The zero-order valence-electron chi connectivity index (χ0n) is 7.71. The lowest BCUT2D eigenvalue weighted by Gasteiger charge is -2.24. The summed E-state index contributed by atoms with van der Waals surface area (Å²) in [4.78, 5) is 34.4. The molecule has 0 bridgehead atoms. The molecule has 1 heterocycles. The topological polar surface area (TPSA) is 54.5 Å². The summed E-state index contributed by atoms with van der Waals surface area (Å²) in [7, 11) is 0. The summed E-state index contributed by atoms with van der Waals surface area (Å²) in [5, 5.41) is 0. The summed E-state index contributed by atoms with van der Waals surface area (Å²) in [5.41, 5.74) is 0. The van der Waals surface area contributed by atoms with E-state index >= 15 is 0 Å². The number of nitrogens with zero attached hydrogens (tertiary/aromatic N) is 1. The lowest BCUT2D eigenvalue weighted by Crippen LogP contribution is -2.40. The van der Waals surface area contributed by atoms with Gasteiger partial charge in [-0.25, -0.2) is 0 Å². The van der Waals surface area contributed by atoms with Gasteiger partial charge in [0.15, 0.2) is 0 Å². The van der Waals surface area contributed by atoms with Crippen molar-refractivity contribution in [1.82, 2.24) is 4.90 Å². The summed E-state index contributed by atoms with van der Waals surface area (Å²) in [6.07, 6.45) is 1.99. The first-order chi connectivity index (χ1) is 6.11. The lowest BCUT2D eigenvalue weighted by atomic mass is 10.1. The molecule has 0 aromatic rings. The van der Waals surface area contributed by atoms with Gasteiger partial charge in [-0.15, -0.1) is 0 Å². The van der Waals surface area contributed by atoms with E-state index < -0.39 is 0 Å². The van der Waals surface area contributed by atoms with Crippen LogP contribution in [0.25, 0.3) is 0 Å². The van der Waals surface area contributed by atoms with Crippen molar-refractivity contribution in [3.05, 3.63) is 0 Å². The summed E-state index contributed by atoms with van der Waals surface area (Å²) >= 11 is 0. The third-order valence-corrected chi connectivity index (χ3v) is 2.02. The molecule has 2 amide bonds. The first-order valence-electron chi connectivity index (χ1n) is 4.44. The monoisotopic (exact) mass is 183 g/mol. The molecule has 0 saturated carbocycles. The molecule has 4 heteroatoms. The van der Waals surface area contributed by atoms with E-state index in [1.54, 1.807) is 0 Å². The number of Topliss-reactive ketones (excluding diaryl/α,β-unsaturated/α-hetero) is 1. The Hall–Kier alpha value is -1.19. The third kappa shape index (κ3) is 2.65. The van der Waals surface area contributed by atoms with Crippen LogP contribution in [0.15, 0.2) is 0 Å². The van der Waals surface area contributed by atoms with Crippen LogP contribution in [0.3, 0.4) is 0 Å². The fourth-order valence-electron chi connectivity index (χ4n) is 1.38. The van der Waals surface area contributed by atoms with Crippen molar-refractivity contribution < 1.29 is 14.4 Å². The molecule has 72 valence electrons. The maximum absolute atomic E-state index is 11.3. The zero-order chi connectivity index (χ0) is 9.84. The Morgan fingerprint density at radius 1 is 1.38 bits per heavy atom. The van der Waals surface area contributed by atoms with Gasteiger partial charge in [0, 0.05) is 13.0 Å². The molecule has 0 aromatic heterocycles. The molecule has 0 spiro atoms. The van der Waals surface area contributed by atoms with Crippen LogP contribution in [0, 0.1) is 0 Å². The molecule has 1 aliphatic rings. The van der Waals surface area contributed by atoms with Crippen LogP contribution in [0.2, 0.25) is 0 Å². The van der Waals surface area contributed by atoms with Crippen LogP contribution in [0.1, 0.15) is 32.6 Å². The molecule has 13 heavy (non-hydrogen) atoms. The van der Waals surface area contributed by atoms with E-state index in [0.717, 1.165) is 12.8 Å². The maximum Gasteiger partial charge on any atom is 0.236 e. The number of imide groups is 1. The Bertz CT molecular complexity index is 247. The van der Waals surface area contributed by atoms with E-state index in [9.17, 15) is 14.4 Å². The van der Waals surface area contributed by atoms with Gasteiger partial charge < -0.3 is 0 Å². The van der Waals surface area contributed by atoms with Crippen molar-refractivity contribution in [1.29, 1.82) is 0 Å². The minimum Gasteiger partial charge on any atom is -0.299 e. The van der Waals surface area contributed by atoms with E-state index in [-0.39, 0.29) is 24.0 Å². The molecule has 1 saturated heterocycles. The number of likely N-dealkylation sites (tertiary alicyclic amines) is 1. The average Bonchev–Trinajstić information content (AvgIpc) is 2.03. The summed E-state index contributed by atoms with van der Waals surface area (Å²) in [6.45, 7) is 1.83. The van der Waals surface area contributed by atoms with Gasteiger partial charge in [-0.05, 0) is 19.8 Å². The molecule has 0 unspecified atom stereocenters. The van der Waals surface area contributed by atoms with Crippen LogP contribution in [-0.2, 0) is 14.4 Å². The molecule has 1 aliphatic heterocycles. The number of rotatable bonds is 2. The van der Waals surface area contributed by atoms with E-state index in [1.807, 2.05) is 0 Å². The van der Waals surface area contributed by atoms with Crippen LogP contribution in [0.5, 0.6) is 0 Å². The summed E-state index contributed by atoms with van der Waals surface area (Å²) in [5.74, 6) is -0.682. The quantitative estimate of drug-likeness (QED) is 0.586. The summed E-state index contributed by atoms with van der Waals surface area (Å²) in [6, 6.07) is 0. The van der Waals surface area contributed by atoms with E-state index in [4.69, 9.17) is 0 Å². The minimum atomic E-state index is -0.350. The van der Waals surface area contributed by atoms with Gasteiger partial charge in [-0.1, -0.05) is 0 Å². The first kappa shape index (κ1) is 9.89. The number of carbonyl (C=O) groups is 3. The smallest absolute Gasteiger partial charge is 0.236 e. The minimum absolute atomic E-state index is 0.141. The second-order valence-electron chi connectivity index (χ2n) is 3.28. The number of hydrogen-bond acceptors (Lipinski definition) is 3. The van der Waals surface area contributed by atoms with Crippen molar-refractivity contribution in [2.45, 2.75) is 32.6 Å². The molecular weight excluding hydrogens is 170 g/mol. The van der Waals surface area contributed by atoms with Crippen LogP contribution >= 0.6 is 0 Å². The molecule has 0 N–H and O–H groups in total. The molecule has 0 aliphatic carbocycles. The molecule has 0 radical (unpaired) electrons. The Balaban J connectivity index is 2.53. The van der Waals surface area contributed by atoms with Gasteiger partial charge in [-0.2, -0.15) is 0 Å². The Labute approximate surface area is 76.9 Å². The normalized spacial score (nSPS) is 17.3. The first-order valence-corrected chi connectivity index (χ1v) is 4.44. The second kappa shape index (κ2) is 4.16. The highest BCUT2D eigenvalue weighted by Crippen LogP contribution is 2.11. The highest BCUT2D eigenvalue weighted by atomic mass is 16.2. The van der Waals surface area contributed by atoms with Crippen molar-refractivity contribution >= 4 is 17.6 Å². The predicted molar refractivity (Wildman–Crippen MR) is 45.9 cm³/mol. The second-order valence-corrected chi connectivity index (χ2v) is 3.28. The standard InChI is InChI=1S/C9H13NO3/c1-7(11)6-9(13)10-5-3-2-4-8(10)12/h2-6H2,1H3. The van der Waals surface area contributed by atoms with Gasteiger partial charge in [-0.3, -0.25) is 19.3 Å².